The molecule has 9 heteroatoms. The fourth-order valence-corrected chi connectivity index (χ4v) is 4.92. The van der Waals surface area contributed by atoms with E-state index in [9.17, 15) is 18.3 Å². The number of aliphatic hydroxyl groups is 1. The number of carbonyl (C=O) groups is 1. The molecule has 2 aromatic carbocycles. The molecule has 1 amide bonds. The molecular weight excluding hydrogens is 442 g/mol. The molecule has 0 spiro atoms. The number of aliphatic hydroxyl groups excluding tert-OH is 1. The van der Waals surface area contributed by atoms with Crippen molar-refractivity contribution in [1.82, 2.24) is 10.2 Å². The summed E-state index contributed by atoms with van der Waals surface area (Å²) in [6, 6.07) is 11.3. The number of anilines is 1. The van der Waals surface area contributed by atoms with E-state index in [2.05, 4.69) is 10.0 Å². The van der Waals surface area contributed by atoms with Crippen molar-refractivity contribution >= 4 is 21.6 Å². The molecule has 3 N–H and O–H groups in total. The normalized spacial score (nSPS) is 20.2. The molecule has 180 valence electrons. The van der Waals surface area contributed by atoms with Gasteiger partial charge in [0.05, 0.1) is 24.0 Å². The first kappa shape index (κ1) is 25.0. The number of rotatable bonds is 7. The topological polar surface area (TPSA) is 108 Å². The zero-order valence-corrected chi connectivity index (χ0v) is 20.4. The van der Waals surface area contributed by atoms with Crippen molar-refractivity contribution < 1.29 is 23.1 Å². The van der Waals surface area contributed by atoms with Crippen LogP contribution < -0.4 is 14.8 Å². The van der Waals surface area contributed by atoms with Crippen LogP contribution in [0.3, 0.4) is 0 Å². The molecular formula is C24H33N3O5S. The molecule has 0 fully saturated rings. The Balaban J connectivity index is 1.95. The highest BCUT2D eigenvalue weighted by Gasteiger charge is 2.30. The molecule has 0 saturated heterocycles. The summed E-state index contributed by atoms with van der Waals surface area (Å²) in [6.45, 7) is 6.61. The first-order valence-electron chi connectivity index (χ1n) is 11.1. The average molecular weight is 476 g/mol. The Kier molecular flexibility index (Phi) is 7.99. The lowest BCUT2D eigenvalue weighted by atomic mass is 10.0. The van der Waals surface area contributed by atoms with E-state index >= 15 is 0 Å². The number of fused-ring (bicyclic) bond motifs is 1. The van der Waals surface area contributed by atoms with E-state index in [4.69, 9.17) is 4.74 Å². The molecule has 0 radical (unpaired) electrons. The number of hydrogen-bond acceptors (Lipinski definition) is 6. The monoisotopic (exact) mass is 475 g/mol. The molecule has 33 heavy (non-hydrogen) atoms. The predicted octanol–water partition coefficient (Wildman–Crippen LogP) is 2.16. The van der Waals surface area contributed by atoms with Crippen LogP contribution in [0.2, 0.25) is 0 Å². The SMILES string of the molecule is CNC[C@H]1Oc2ccc(NS(=O)(=O)c3ccc(C)cc3)cc2CC(=O)N([C@@H](C)CO)C[C@@H]1C. The second kappa shape index (κ2) is 10.5. The lowest BCUT2D eigenvalue weighted by Gasteiger charge is -2.32. The van der Waals surface area contributed by atoms with E-state index < -0.39 is 10.0 Å². The van der Waals surface area contributed by atoms with Crippen molar-refractivity contribution in [1.29, 1.82) is 0 Å². The van der Waals surface area contributed by atoms with Crippen LogP contribution in [0.4, 0.5) is 5.69 Å². The maximum Gasteiger partial charge on any atom is 0.261 e. The van der Waals surface area contributed by atoms with Crippen molar-refractivity contribution in [3.8, 4) is 5.75 Å². The van der Waals surface area contributed by atoms with Gasteiger partial charge in [-0.05, 0) is 51.2 Å². The number of likely N-dealkylation sites (N-methyl/N-ethyl adjacent to an activating group) is 1. The minimum absolute atomic E-state index is 0.0149. The van der Waals surface area contributed by atoms with Gasteiger partial charge in [0.2, 0.25) is 5.91 Å². The van der Waals surface area contributed by atoms with E-state index in [1.165, 1.54) is 0 Å². The molecule has 0 saturated carbocycles. The third kappa shape index (κ3) is 6.04. The number of nitrogens with zero attached hydrogens (tertiary/aromatic N) is 1. The minimum atomic E-state index is -3.78. The first-order valence-corrected chi connectivity index (χ1v) is 12.6. The molecule has 0 aliphatic carbocycles. The largest absolute Gasteiger partial charge is 0.488 e. The van der Waals surface area contributed by atoms with Crippen molar-refractivity contribution in [2.45, 2.75) is 44.2 Å². The molecule has 0 bridgehead atoms. The zero-order chi connectivity index (χ0) is 24.2. The summed E-state index contributed by atoms with van der Waals surface area (Å²) in [5.74, 6) is 0.421. The molecule has 3 atom stereocenters. The Morgan fingerprint density at radius 3 is 2.55 bits per heavy atom. The number of ether oxygens (including phenoxy) is 1. The molecule has 1 aliphatic heterocycles. The Morgan fingerprint density at radius 2 is 1.91 bits per heavy atom. The van der Waals surface area contributed by atoms with Crippen LogP contribution in [-0.4, -0.2) is 63.2 Å². The molecule has 1 heterocycles. The maximum atomic E-state index is 13.1. The lowest BCUT2D eigenvalue weighted by Crippen LogP contribution is -2.47. The second-order valence-electron chi connectivity index (χ2n) is 8.69. The summed E-state index contributed by atoms with van der Waals surface area (Å²) in [4.78, 5) is 15.0. The Hall–Kier alpha value is -2.62. The summed E-state index contributed by atoms with van der Waals surface area (Å²) in [6.07, 6.45) is -0.165. The Morgan fingerprint density at radius 1 is 1.21 bits per heavy atom. The van der Waals surface area contributed by atoms with E-state index in [1.54, 1.807) is 47.4 Å². The lowest BCUT2D eigenvalue weighted by molar-refractivity contribution is -0.134. The third-order valence-corrected chi connectivity index (χ3v) is 7.30. The predicted molar refractivity (Wildman–Crippen MR) is 128 cm³/mol. The Bertz CT molecular complexity index is 1070. The second-order valence-corrected chi connectivity index (χ2v) is 10.4. The quantitative estimate of drug-likeness (QED) is 0.567. The molecule has 0 aromatic heterocycles. The zero-order valence-electron chi connectivity index (χ0n) is 19.5. The van der Waals surface area contributed by atoms with Gasteiger partial charge in [-0.2, -0.15) is 0 Å². The number of benzene rings is 2. The van der Waals surface area contributed by atoms with Crippen molar-refractivity contribution in [3.05, 3.63) is 53.6 Å². The van der Waals surface area contributed by atoms with Crippen LogP contribution in [0.5, 0.6) is 5.75 Å². The van der Waals surface area contributed by atoms with E-state index in [0.717, 1.165) is 5.56 Å². The highest BCUT2D eigenvalue weighted by molar-refractivity contribution is 7.92. The first-order chi connectivity index (χ1) is 15.6. The van der Waals surface area contributed by atoms with Crippen molar-refractivity contribution in [3.63, 3.8) is 0 Å². The van der Waals surface area contributed by atoms with Gasteiger partial charge in [0, 0.05) is 30.3 Å². The molecule has 2 aromatic rings. The van der Waals surface area contributed by atoms with Crippen LogP contribution in [0.15, 0.2) is 47.4 Å². The van der Waals surface area contributed by atoms with E-state index in [1.807, 2.05) is 27.8 Å². The fourth-order valence-electron chi connectivity index (χ4n) is 3.87. The highest BCUT2D eigenvalue weighted by atomic mass is 32.2. The van der Waals surface area contributed by atoms with Gasteiger partial charge < -0.3 is 20.1 Å². The number of carbonyl (C=O) groups excluding carboxylic acids is 1. The van der Waals surface area contributed by atoms with Crippen LogP contribution in [0, 0.1) is 12.8 Å². The highest BCUT2D eigenvalue weighted by Crippen LogP contribution is 2.29. The van der Waals surface area contributed by atoms with Gasteiger partial charge in [0.15, 0.2) is 0 Å². The van der Waals surface area contributed by atoms with Gasteiger partial charge >= 0.3 is 0 Å². The summed E-state index contributed by atoms with van der Waals surface area (Å²) in [7, 11) is -1.94. The summed E-state index contributed by atoms with van der Waals surface area (Å²) in [5, 5.41) is 12.8. The minimum Gasteiger partial charge on any atom is -0.488 e. The number of hydrogen-bond donors (Lipinski definition) is 3. The van der Waals surface area contributed by atoms with Crippen LogP contribution in [0.25, 0.3) is 0 Å². The standard InChI is InChI=1S/C24H33N3O5S/c1-16-5-8-21(9-6-16)33(30,31)26-20-7-10-22-19(11-20)12-24(29)27(18(3)15-28)14-17(2)23(32-22)13-25-4/h5-11,17-18,23,25-26,28H,12-15H2,1-4H3/t17-,18-,23+/m0/s1. The maximum absolute atomic E-state index is 13.1. The van der Waals surface area contributed by atoms with Crippen LogP contribution >= 0.6 is 0 Å². The van der Waals surface area contributed by atoms with Crippen LogP contribution in [0.1, 0.15) is 25.0 Å². The fraction of sp³-hybridized carbons (Fsp3) is 0.458. The smallest absolute Gasteiger partial charge is 0.261 e. The van der Waals surface area contributed by atoms with Gasteiger partial charge in [-0.25, -0.2) is 8.42 Å². The summed E-state index contributed by atoms with van der Waals surface area (Å²) >= 11 is 0. The van der Waals surface area contributed by atoms with E-state index in [0.29, 0.717) is 30.1 Å². The van der Waals surface area contributed by atoms with Crippen molar-refractivity contribution in [2.24, 2.45) is 5.92 Å². The molecule has 1 aliphatic rings. The van der Waals surface area contributed by atoms with Gasteiger partial charge in [0.25, 0.3) is 10.0 Å². The number of aryl methyl sites for hydroxylation is 1. The van der Waals surface area contributed by atoms with Crippen LogP contribution in [-0.2, 0) is 21.2 Å². The third-order valence-electron chi connectivity index (χ3n) is 5.91. The Labute approximate surface area is 196 Å². The number of amides is 1. The van der Waals surface area contributed by atoms with Gasteiger partial charge in [0.1, 0.15) is 11.9 Å². The van der Waals surface area contributed by atoms with Gasteiger partial charge in [-0.3, -0.25) is 9.52 Å². The van der Waals surface area contributed by atoms with Gasteiger partial charge in [-0.1, -0.05) is 24.6 Å². The van der Waals surface area contributed by atoms with E-state index in [-0.39, 0.29) is 41.9 Å². The van der Waals surface area contributed by atoms with Crippen molar-refractivity contribution in [2.75, 3.05) is 31.5 Å². The summed E-state index contributed by atoms with van der Waals surface area (Å²) < 4.78 is 34.5. The molecule has 0 unspecified atom stereocenters. The molecule has 8 nitrogen and oxygen atoms in total. The number of sulfonamides is 1. The average Bonchev–Trinajstić information content (AvgIpc) is 2.81. The number of nitrogens with one attached hydrogen (secondary N) is 2. The van der Waals surface area contributed by atoms with Gasteiger partial charge in [-0.15, -0.1) is 0 Å². The summed E-state index contributed by atoms with van der Waals surface area (Å²) in [5.41, 5.74) is 1.91. The molecule has 3 rings (SSSR count).